The Bertz CT molecular complexity index is 423. The molecule has 0 fully saturated rings. The van der Waals surface area contributed by atoms with Gasteiger partial charge in [0.2, 0.25) is 0 Å². The first-order valence-corrected chi connectivity index (χ1v) is 7.13. The largest absolute Gasteiger partial charge is 0.494 e. The molecule has 0 heterocycles. The number of rotatable bonds is 9. The molecule has 4 heteroatoms. The summed E-state index contributed by atoms with van der Waals surface area (Å²) in [6, 6.07) is 6.57. The van der Waals surface area contributed by atoms with E-state index in [1.165, 1.54) is 12.8 Å². The van der Waals surface area contributed by atoms with Gasteiger partial charge in [-0.3, -0.25) is 4.79 Å². The summed E-state index contributed by atoms with van der Waals surface area (Å²) in [7, 11) is 0. The van der Waals surface area contributed by atoms with Gasteiger partial charge in [-0.1, -0.05) is 26.2 Å². The average molecular weight is 278 g/mol. The molecule has 0 bridgehead atoms. The van der Waals surface area contributed by atoms with Crippen LogP contribution in [0.1, 0.15) is 49.9 Å². The Morgan fingerprint density at radius 1 is 1.00 bits per heavy atom. The SMILES string of the molecule is CCCCCCOc1ccc(C(=O)C(=O)OCC)cc1. The van der Waals surface area contributed by atoms with Crippen LogP contribution in [0.5, 0.6) is 5.75 Å². The third-order valence-corrected chi connectivity index (χ3v) is 2.84. The molecular weight excluding hydrogens is 256 g/mol. The normalized spacial score (nSPS) is 10.1. The zero-order valence-corrected chi connectivity index (χ0v) is 12.2. The van der Waals surface area contributed by atoms with Gasteiger partial charge in [0.15, 0.2) is 0 Å². The molecule has 1 rings (SSSR count). The van der Waals surface area contributed by atoms with Crippen molar-refractivity contribution < 1.29 is 19.1 Å². The number of Topliss-reactive ketones (excluding diaryl/α,β-unsaturated/α-hetero) is 1. The first-order chi connectivity index (χ1) is 9.69. The van der Waals surface area contributed by atoms with Crippen LogP contribution in [-0.2, 0) is 9.53 Å². The molecule has 0 unspecified atom stereocenters. The molecule has 0 amide bonds. The number of ether oxygens (including phenoxy) is 2. The van der Waals surface area contributed by atoms with Gasteiger partial charge in [-0.15, -0.1) is 0 Å². The Hall–Kier alpha value is -1.84. The Labute approximate surface area is 120 Å². The highest BCUT2D eigenvalue weighted by Gasteiger charge is 2.16. The van der Waals surface area contributed by atoms with Crippen LogP contribution >= 0.6 is 0 Å². The van der Waals surface area contributed by atoms with Crippen LogP contribution < -0.4 is 4.74 Å². The molecular formula is C16H22O4. The van der Waals surface area contributed by atoms with Gasteiger partial charge in [0.1, 0.15) is 5.75 Å². The molecule has 0 aliphatic carbocycles. The Balaban J connectivity index is 2.43. The van der Waals surface area contributed by atoms with E-state index >= 15 is 0 Å². The molecule has 20 heavy (non-hydrogen) atoms. The number of carbonyl (C=O) groups excluding carboxylic acids is 2. The van der Waals surface area contributed by atoms with Gasteiger partial charge in [0.05, 0.1) is 13.2 Å². The van der Waals surface area contributed by atoms with E-state index in [2.05, 4.69) is 11.7 Å². The van der Waals surface area contributed by atoms with E-state index in [-0.39, 0.29) is 6.61 Å². The number of hydrogen-bond acceptors (Lipinski definition) is 4. The summed E-state index contributed by atoms with van der Waals surface area (Å²) in [5.74, 6) is -0.732. The lowest BCUT2D eigenvalue weighted by molar-refractivity contribution is -0.137. The van der Waals surface area contributed by atoms with Crippen molar-refractivity contribution in [1.82, 2.24) is 0 Å². The number of carbonyl (C=O) groups is 2. The molecule has 0 aromatic heterocycles. The minimum absolute atomic E-state index is 0.198. The number of esters is 1. The summed E-state index contributed by atoms with van der Waals surface area (Å²) in [5, 5.41) is 0. The summed E-state index contributed by atoms with van der Waals surface area (Å²) in [5.41, 5.74) is 0.321. The van der Waals surface area contributed by atoms with Gasteiger partial charge in [0, 0.05) is 5.56 Å². The highest BCUT2D eigenvalue weighted by atomic mass is 16.5. The molecule has 110 valence electrons. The zero-order chi connectivity index (χ0) is 14.8. The molecule has 1 aromatic carbocycles. The predicted molar refractivity (Wildman–Crippen MR) is 77.0 cm³/mol. The van der Waals surface area contributed by atoms with E-state index < -0.39 is 11.8 Å². The van der Waals surface area contributed by atoms with Crippen LogP contribution in [0, 0.1) is 0 Å². The lowest BCUT2D eigenvalue weighted by Gasteiger charge is -2.06. The average Bonchev–Trinajstić information content (AvgIpc) is 2.47. The molecule has 0 N–H and O–H groups in total. The Kier molecular flexibility index (Phi) is 7.40. The van der Waals surface area contributed by atoms with E-state index in [1.807, 2.05) is 0 Å². The van der Waals surface area contributed by atoms with E-state index in [9.17, 15) is 9.59 Å². The van der Waals surface area contributed by atoms with Gasteiger partial charge >= 0.3 is 5.97 Å². The monoisotopic (exact) mass is 278 g/mol. The third kappa shape index (κ3) is 5.43. The highest BCUT2D eigenvalue weighted by molar-refractivity contribution is 6.40. The lowest BCUT2D eigenvalue weighted by atomic mass is 10.1. The summed E-state index contributed by atoms with van der Waals surface area (Å²) >= 11 is 0. The summed E-state index contributed by atoms with van der Waals surface area (Å²) in [6.45, 7) is 4.70. The smallest absolute Gasteiger partial charge is 0.379 e. The molecule has 1 aromatic rings. The molecule has 0 saturated heterocycles. The van der Waals surface area contributed by atoms with Crippen molar-refractivity contribution in [1.29, 1.82) is 0 Å². The van der Waals surface area contributed by atoms with Crippen LogP contribution in [0.15, 0.2) is 24.3 Å². The van der Waals surface area contributed by atoms with Crippen LogP contribution in [0.4, 0.5) is 0 Å². The molecule has 0 atom stereocenters. The van der Waals surface area contributed by atoms with Crippen molar-refractivity contribution >= 4 is 11.8 Å². The Morgan fingerprint density at radius 2 is 1.70 bits per heavy atom. The van der Waals surface area contributed by atoms with Crippen molar-refractivity contribution in [2.24, 2.45) is 0 Å². The van der Waals surface area contributed by atoms with Gasteiger partial charge in [0.25, 0.3) is 5.78 Å². The maximum absolute atomic E-state index is 11.7. The van der Waals surface area contributed by atoms with Crippen molar-refractivity contribution in [2.75, 3.05) is 13.2 Å². The molecule has 0 saturated carbocycles. The number of unbranched alkanes of at least 4 members (excludes halogenated alkanes) is 3. The molecule has 0 spiro atoms. The fourth-order valence-corrected chi connectivity index (χ4v) is 1.74. The second-order valence-corrected chi connectivity index (χ2v) is 4.48. The predicted octanol–water partition coefficient (Wildman–Crippen LogP) is 3.39. The summed E-state index contributed by atoms with van der Waals surface area (Å²) < 4.78 is 10.2. The number of ketones is 1. The topological polar surface area (TPSA) is 52.6 Å². The van der Waals surface area contributed by atoms with Crippen LogP contribution in [0.3, 0.4) is 0 Å². The van der Waals surface area contributed by atoms with E-state index in [1.54, 1.807) is 31.2 Å². The van der Waals surface area contributed by atoms with Crippen LogP contribution in [-0.4, -0.2) is 25.0 Å². The minimum atomic E-state index is -0.819. The molecule has 0 aliphatic heterocycles. The molecule has 0 radical (unpaired) electrons. The maximum Gasteiger partial charge on any atom is 0.379 e. The third-order valence-electron chi connectivity index (χ3n) is 2.84. The minimum Gasteiger partial charge on any atom is -0.494 e. The molecule has 4 nitrogen and oxygen atoms in total. The summed E-state index contributed by atoms with van der Waals surface area (Å²) in [4.78, 5) is 23.0. The zero-order valence-electron chi connectivity index (χ0n) is 12.2. The first-order valence-electron chi connectivity index (χ1n) is 7.13. The second-order valence-electron chi connectivity index (χ2n) is 4.48. The number of benzene rings is 1. The van der Waals surface area contributed by atoms with Crippen LogP contribution in [0.2, 0.25) is 0 Å². The van der Waals surface area contributed by atoms with Gasteiger partial charge in [-0.25, -0.2) is 4.79 Å². The van der Waals surface area contributed by atoms with Gasteiger partial charge in [-0.05, 0) is 37.6 Å². The van der Waals surface area contributed by atoms with Crippen molar-refractivity contribution in [3.8, 4) is 5.75 Å². The second kappa shape index (κ2) is 9.13. The van der Waals surface area contributed by atoms with E-state index in [0.29, 0.717) is 17.9 Å². The van der Waals surface area contributed by atoms with E-state index in [0.717, 1.165) is 12.8 Å². The van der Waals surface area contributed by atoms with Gasteiger partial charge in [-0.2, -0.15) is 0 Å². The highest BCUT2D eigenvalue weighted by Crippen LogP contribution is 2.14. The van der Waals surface area contributed by atoms with Crippen molar-refractivity contribution in [2.45, 2.75) is 39.5 Å². The van der Waals surface area contributed by atoms with E-state index in [4.69, 9.17) is 4.74 Å². The fourth-order valence-electron chi connectivity index (χ4n) is 1.74. The number of hydrogen-bond donors (Lipinski definition) is 0. The van der Waals surface area contributed by atoms with Gasteiger partial charge < -0.3 is 9.47 Å². The fraction of sp³-hybridized carbons (Fsp3) is 0.500. The quantitative estimate of drug-likeness (QED) is 0.301. The van der Waals surface area contributed by atoms with Crippen molar-refractivity contribution in [3.63, 3.8) is 0 Å². The maximum atomic E-state index is 11.7. The van der Waals surface area contributed by atoms with Crippen molar-refractivity contribution in [3.05, 3.63) is 29.8 Å². The first kappa shape index (κ1) is 16.2. The summed E-state index contributed by atoms with van der Waals surface area (Å²) in [6.07, 6.45) is 4.61. The van der Waals surface area contributed by atoms with Crippen LogP contribution in [0.25, 0.3) is 0 Å². The Morgan fingerprint density at radius 3 is 2.30 bits per heavy atom. The standard InChI is InChI=1S/C16H22O4/c1-3-5-6-7-12-20-14-10-8-13(9-11-14)15(17)16(18)19-4-2/h8-11H,3-7,12H2,1-2H3. The lowest BCUT2D eigenvalue weighted by Crippen LogP contribution is -2.17. The molecule has 0 aliphatic rings.